The quantitative estimate of drug-likeness (QED) is 0.835. The molecule has 0 radical (unpaired) electrons. The third kappa shape index (κ3) is 3.24. The molecule has 3 rings (SSSR count). The van der Waals surface area contributed by atoms with E-state index in [-0.39, 0.29) is 11.9 Å². The molecule has 0 bridgehead atoms. The summed E-state index contributed by atoms with van der Waals surface area (Å²) in [6.07, 6.45) is 0. The van der Waals surface area contributed by atoms with Gasteiger partial charge in [0.1, 0.15) is 11.5 Å². The lowest BCUT2D eigenvalue weighted by atomic mass is 10.1. The molecule has 23 heavy (non-hydrogen) atoms. The summed E-state index contributed by atoms with van der Waals surface area (Å²) in [5.74, 6) is 0.890. The lowest BCUT2D eigenvalue weighted by Gasteiger charge is -2.43. The number of methoxy groups -OCH3 is 2. The highest BCUT2D eigenvalue weighted by atomic mass is 35.5. The highest BCUT2D eigenvalue weighted by molar-refractivity contribution is 6.35. The second kappa shape index (κ2) is 6.95. The van der Waals surface area contributed by atoms with Gasteiger partial charge < -0.3 is 19.1 Å². The predicted octanol–water partition coefficient (Wildman–Crippen LogP) is 1.51. The minimum atomic E-state index is -0.0996. The van der Waals surface area contributed by atoms with Crippen LogP contribution in [0.4, 0.5) is 0 Å². The lowest BCUT2D eigenvalue weighted by molar-refractivity contribution is -0.0395. The van der Waals surface area contributed by atoms with E-state index in [1.807, 2.05) is 4.90 Å². The van der Waals surface area contributed by atoms with Gasteiger partial charge in [-0.3, -0.25) is 9.69 Å². The SMILES string of the molecule is COc1cc(OC)c(Cl)c(C(=O)N2CCN3CCOCC3C2)c1. The molecule has 1 aromatic carbocycles. The smallest absolute Gasteiger partial charge is 0.255 e. The van der Waals surface area contributed by atoms with Gasteiger partial charge in [-0.15, -0.1) is 0 Å². The number of hydrogen-bond donors (Lipinski definition) is 0. The summed E-state index contributed by atoms with van der Waals surface area (Å²) in [6, 6.07) is 3.59. The first kappa shape index (κ1) is 16.4. The molecule has 0 aromatic heterocycles. The van der Waals surface area contributed by atoms with Gasteiger partial charge in [0, 0.05) is 32.2 Å². The third-order valence-electron chi connectivity index (χ3n) is 4.42. The van der Waals surface area contributed by atoms with E-state index in [1.165, 1.54) is 7.11 Å². The van der Waals surface area contributed by atoms with Crippen molar-refractivity contribution in [3.05, 3.63) is 22.7 Å². The van der Waals surface area contributed by atoms with E-state index in [0.29, 0.717) is 41.8 Å². The van der Waals surface area contributed by atoms with Crippen LogP contribution in [0.2, 0.25) is 5.02 Å². The molecule has 2 fully saturated rings. The predicted molar refractivity (Wildman–Crippen MR) is 86.6 cm³/mol. The molecular formula is C16H21ClN2O4. The highest BCUT2D eigenvalue weighted by Gasteiger charge is 2.33. The Bertz CT molecular complexity index is 596. The number of carbonyl (C=O) groups excluding carboxylic acids is 1. The fourth-order valence-electron chi connectivity index (χ4n) is 3.10. The summed E-state index contributed by atoms with van der Waals surface area (Å²) in [6.45, 7) is 4.56. The lowest BCUT2D eigenvalue weighted by Crippen LogP contribution is -2.59. The highest BCUT2D eigenvalue weighted by Crippen LogP contribution is 2.34. The monoisotopic (exact) mass is 340 g/mol. The van der Waals surface area contributed by atoms with Crippen LogP contribution < -0.4 is 9.47 Å². The molecule has 0 saturated carbocycles. The van der Waals surface area contributed by atoms with Crippen molar-refractivity contribution < 1.29 is 19.0 Å². The molecule has 7 heteroatoms. The van der Waals surface area contributed by atoms with Gasteiger partial charge in [-0.05, 0) is 6.07 Å². The fourth-order valence-corrected chi connectivity index (χ4v) is 3.36. The topological polar surface area (TPSA) is 51.2 Å². The summed E-state index contributed by atoms with van der Waals surface area (Å²) in [7, 11) is 3.07. The Balaban J connectivity index is 1.82. The summed E-state index contributed by atoms with van der Waals surface area (Å²) in [4.78, 5) is 17.1. The standard InChI is InChI=1S/C16H21ClN2O4/c1-21-12-7-13(15(17)14(8-12)22-2)16(20)19-4-3-18-5-6-23-10-11(18)9-19/h7-8,11H,3-6,9-10H2,1-2H3. The van der Waals surface area contributed by atoms with Gasteiger partial charge in [0.25, 0.3) is 5.91 Å². The Kier molecular flexibility index (Phi) is 4.94. The largest absolute Gasteiger partial charge is 0.497 e. The maximum Gasteiger partial charge on any atom is 0.255 e. The number of benzene rings is 1. The molecule has 2 aliphatic heterocycles. The molecular weight excluding hydrogens is 320 g/mol. The Morgan fingerprint density at radius 3 is 2.83 bits per heavy atom. The van der Waals surface area contributed by atoms with Gasteiger partial charge in [0.05, 0.1) is 44.1 Å². The van der Waals surface area contributed by atoms with E-state index in [2.05, 4.69) is 4.90 Å². The molecule has 126 valence electrons. The summed E-state index contributed by atoms with van der Waals surface area (Å²) in [5.41, 5.74) is 0.410. The summed E-state index contributed by atoms with van der Waals surface area (Å²) < 4.78 is 16.0. The van der Waals surface area contributed by atoms with Crippen LogP contribution in [0.1, 0.15) is 10.4 Å². The maximum atomic E-state index is 12.9. The van der Waals surface area contributed by atoms with Crippen LogP contribution in [0.15, 0.2) is 12.1 Å². The number of morpholine rings is 1. The van der Waals surface area contributed by atoms with E-state index < -0.39 is 0 Å². The van der Waals surface area contributed by atoms with E-state index >= 15 is 0 Å². The van der Waals surface area contributed by atoms with Crippen molar-refractivity contribution in [1.29, 1.82) is 0 Å². The molecule has 1 aromatic rings. The van der Waals surface area contributed by atoms with Crippen molar-refractivity contribution in [3.8, 4) is 11.5 Å². The van der Waals surface area contributed by atoms with Gasteiger partial charge in [0.15, 0.2) is 0 Å². The number of fused-ring (bicyclic) bond motifs is 1. The fraction of sp³-hybridized carbons (Fsp3) is 0.562. The number of amides is 1. The first-order valence-electron chi connectivity index (χ1n) is 7.66. The molecule has 1 unspecified atom stereocenters. The van der Waals surface area contributed by atoms with E-state index in [9.17, 15) is 4.79 Å². The summed E-state index contributed by atoms with van der Waals surface area (Å²) in [5, 5.41) is 0.320. The Labute approximate surface area is 140 Å². The number of piperazine rings is 1. The van der Waals surface area contributed by atoms with Crippen molar-refractivity contribution in [1.82, 2.24) is 9.80 Å². The van der Waals surface area contributed by atoms with Crippen LogP contribution in [0.5, 0.6) is 11.5 Å². The number of halogens is 1. The normalized spacial score (nSPS) is 21.7. The van der Waals surface area contributed by atoms with Crippen LogP contribution in [-0.4, -0.2) is 75.4 Å². The molecule has 1 amide bonds. The van der Waals surface area contributed by atoms with Gasteiger partial charge in [-0.1, -0.05) is 11.6 Å². The Morgan fingerprint density at radius 2 is 2.09 bits per heavy atom. The average molecular weight is 341 g/mol. The molecule has 6 nitrogen and oxygen atoms in total. The zero-order valence-corrected chi connectivity index (χ0v) is 14.1. The summed E-state index contributed by atoms with van der Waals surface area (Å²) >= 11 is 6.33. The van der Waals surface area contributed by atoms with Crippen molar-refractivity contribution in [3.63, 3.8) is 0 Å². The number of carbonyl (C=O) groups is 1. The van der Waals surface area contributed by atoms with E-state index in [4.69, 9.17) is 25.8 Å². The average Bonchev–Trinajstić information content (AvgIpc) is 2.61. The number of nitrogens with zero attached hydrogens (tertiary/aromatic N) is 2. The van der Waals surface area contributed by atoms with Crippen LogP contribution >= 0.6 is 11.6 Å². The number of rotatable bonds is 3. The van der Waals surface area contributed by atoms with Gasteiger partial charge in [0.2, 0.25) is 0 Å². The molecule has 0 spiro atoms. The van der Waals surface area contributed by atoms with Crippen LogP contribution in [0.3, 0.4) is 0 Å². The number of ether oxygens (including phenoxy) is 3. The maximum absolute atomic E-state index is 12.9. The van der Waals surface area contributed by atoms with Gasteiger partial charge >= 0.3 is 0 Å². The van der Waals surface area contributed by atoms with Crippen molar-refractivity contribution >= 4 is 17.5 Å². The zero-order valence-electron chi connectivity index (χ0n) is 13.4. The first-order chi connectivity index (χ1) is 11.1. The molecule has 1 atom stereocenters. The number of hydrogen-bond acceptors (Lipinski definition) is 5. The molecule has 2 saturated heterocycles. The Hall–Kier alpha value is -1.50. The van der Waals surface area contributed by atoms with E-state index in [0.717, 1.165) is 19.7 Å². The van der Waals surface area contributed by atoms with Crippen molar-refractivity contribution in [2.24, 2.45) is 0 Å². The third-order valence-corrected chi connectivity index (χ3v) is 4.81. The molecule has 0 aliphatic carbocycles. The second-order valence-electron chi connectivity index (χ2n) is 5.71. The zero-order chi connectivity index (χ0) is 16.4. The van der Waals surface area contributed by atoms with Gasteiger partial charge in [-0.2, -0.15) is 0 Å². The van der Waals surface area contributed by atoms with Crippen LogP contribution in [0, 0.1) is 0 Å². The van der Waals surface area contributed by atoms with Crippen molar-refractivity contribution in [2.75, 3.05) is 53.6 Å². The second-order valence-corrected chi connectivity index (χ2v) is 6.09. The Morgan fingerprint density at radius 1 is 1.26 bits per heavy atom. The minimum absolute atomic E-state index is 0.0996. The minimum Gasteiger partial charge on any atom is -0.497 e. The van der Waals surface area contributed by atoms with Crippen LogP contribution in [-0.2, 0) is 4.74 Å². The molecule has 2 aliphatic rings. The van der Waals surface area contributed by atoms with Crippen LogP contribution in [0.25, 0.3) is 0 Å². The first-order valence-corrected chi connectivity index (χ1v) is 8.04. The van der Waals surface area contributed by atoms with Crippen molar-refractivity contribution in [2.45, 2.75) is 6.04 Å². The molecule has 0 N–H and O–H groups in total. The molecule has 2 heterocycles. The van der Waals surface area contributed by atoms with Gasteiger partial charge in [-0.25, -0.2) is 0 Å². The van der Waals surface area contributed by atoms with E-state index in [1.54, 1.807) is 19.2 Å².